The van der Waals surface area contributed by atoms with Gasteiger partial charge in [-0.15, -0.1) is 0 Å². The van der Waals surface area contributed by atoms with Crippen LogP contribution in [-0.2, 0) is 11.2 Å². The SMILES string of the molecule is CCC(C)C(N)C(=O)Cc1ccc(-c2cc(-c3ncco3)ccc2C)cc1. The maximum atomic E-state index is 12.4. The number of rotatable bonds is 7. The molecule has 2 atom stereocenters. The second kappa shape index (κ2) is 8.31. The highest BCUT2D eigenvalue weighted by molar-refractivity contribution is 5.86. The summed E-state index contributed by atoms with van der Waals surface area (Å²) in [5.74, 6) is 0.911. The molecule has 0 fully saturated rings. The van der Waals surface area contributed by atoms with Crippen LogP contribution in [0.25, 0.3) is 22.6 Å². The van der Waals surface area contributed by atoms with Crippen molar-refractivity contribution >= 4 is 5.78 Å². The van der Waals surface area contributed by atoms with Crippen molar-refractivity contribution in [3.05, 3.63) is 66.1 Å². The first-order valence-electron chi connectivity index (χ1n) is 9.37. The highest BCUT2D eigenvalue weighted by Crippen LogP contribution is 2.29. The van der Waals surface area contributed by atoms with E-state index in [1.165, 1.54) is 5.56 Å². The summed E-state index contributed by atoms with van der Waals surface area (Å²) in [6, 6.07) is 13.9. The summed E-state index contributed by atoms with van der Waals surface area (Å²) in [7, 11) is 0. The summed E-state index contributed by atoms with van der Waals surface area (Å²) in [5, 5.41) is 0. The quantitative estimate of drug-likeness (QED) is 0.655. The van der Waals surface area contributed by atoms with Crippen molar-refractivity contribution in [2.75, 3.05) is 0 Å². The van der Waals surface area contributed by atoms with Gasteiger partial charge in [-0.3, -0.25) is 4.79 Å². The van der Waals surface area contributed by atoms with Crippen LogP contribution in [0.15, 0.2) is 59.3 Å². The van der Waals surface area contributed by atoms with E-state index in [0.29, 0.717) is 12.3 Å². The Morgan fingerprint density at radius 2 is 1.85 bits per heavy atom. The van der Waals surface area contributed by atoms with Crippen molar-refractivity contribution in [2.24, 2.45) is 11.7 Å². The van der Waals surface area contributed by atoms with Gasteiger partial charge in [0.25, 0.3) is 0 Å². The van der Waals surface area contributed by atoms with Crippen LogP contribution in [0, 0.1) is 12.8 Å². The molecule has 27 heavy (non-hydrogen) atoms. The molecule has 0 saturated carbocycles. The number of hydrogen-bond acceptors (Lipinski definition) is 4. The van der Waals surface area contributed by atoms with Gasteiger partial charge in [0.15, 0.2) is 5.78 Å². The summed E-state index contributed by atoms with van der Waals surface area (Å²) in [6.45, 7) is 6.16. The first-order valence-corrected chi connectivity index (χ1v) is 9.37. The minimum absolute atomic E-state index is 0.0965. The Bertz CT molecular complexity index is 899. The van der Waals surface area contributed by atoms with Gasteiger partial charge in [0.1, 0.15) is 6.26 Å². The van der Waals surface area contributed by atoms with Crippen LogP contribution < -0.4 is 5.73 Å². The molecule has 0 bridgehead atoms. The highest BCUT2D eigenvalue weighted by atomic mass is 16.3. The number of oxazole rings is 1. The molecule has 1 aromatic heterocycles. The van der Waals surface area contributed by atoms with Crippen LogP contribution >= 0.6 is 0 Å². The molecule has 0 aliphatic carbocycles. The minimum atomic E-state index is -0.394. The molecule has 3 rings (SSSR count). The Balaban J connectivity index is 1.80. The molecule has 0 amide bonds. The summed E-state index contributed by atoms with van der Waals surface area (Å²) < 4.78 is 5.40. The predicted molar refractivity (Wildman–Crippen MR) is 108 cm³/mol. The summed E-state index contributed by atoms with van der Waals surface area (Å²) >= 11 is 0. The van der Waals surface area contributed by atoms with E-state index < -0.39 is 6.04 Å². The van der Waals surface area contributed by atoms with Gasteiger partial charge in [-0.25, -0.2) is 4.98 Å². The topological polar surface area (TPSA) is 69.1 Å². The third-order valence-electron chi connectivity index (χ3n) is 5.19. The molecule has 140 valence electrons. The second-order valence-corrected chi connectivity index (χ2v) is 7.12. The zero-order chi connectivity index (χ0) is 19.4. The number of ketones is 1. The van der Waals surface area contributed by atoms with Crippen LogP contribution in [0.3, 0.4) is 0 Å². The van der Waals surface area contributed by atoms with Crippen molar-refractivity contribution in [1.82, 2.24) is 4.98 Å². The number of Topliss-reactive ketones (excluding diaryl/α,β-unsaturated/α-hetero) is 1. The maximum Gasteiger partial charge on any atom is 0.225 e. The number of benzene rings is 2. The minimum Gasteiger partial charge on any atom is -0.445 e. The summed E-state index contributed by atoms with van der Waals surface area (Å²) in [5.41, 5.74) is 11.4. The van der Waals surface area contributed by atoms with Gasteiger partial charge < -0.3 is 10.2 Å². The van der Waals surface area contributed by atoms with Crippen molar-refractivity contribution in [2.45, 2.75) is 39.7 Å². The number of nitrogens with two attached hydrogens (primary N) is 1. The smallest absolute Gasteiger partial charge is 0.225 e. The average Bonchev–Trinajstić information content (AvgIpc) is 3.22. The predicted octanol–water partition coefficient (Wildman–Crippen LogP) is 4.80. The fourth-order valence-corrected chi connectivity index (χ4v) is 3.12. The van der Waals surface area contributed by atoms with Crippen molar-refractivity contribution in [3.63, 3.8) is 0 Å². The first kappa shape index (κ1) is 19.1. The molecule has 2 unspecified atom stereocenters. The lowest BCUT2D eigenvalue weighted by atomic mass is 9.92. The van der Waals surface area contributed by atoms with Crippen molar-refractivity contribution in [3.8, 4) is 22.6 Å². The molecule has 3 aromatic rings. The molecule has 4 nitrogen and oxygen atoms in total. The Kier molecular flexibility index (Phi) is 5.87. The molecule has 0 aliphatic heterocycles. The van der Waals surface area contributed by atoms with Gasteiger partial charge in [-0.2, -0.15) is 0 Å². The molecule has 2 N–H and O–H groups in total. The third-order valence-corrected chi connectivity index (χ3v) is 5.19. The van der Waals surface area contributed by atoms with E-state index in [1.54, 1.807) is 12.5 Å². The van der Waals surface area contributed by atoms with E-state index in [9.17, 15) is 4.79 Å². The van der Waals surface area contributed by atoms with Crippen LogP contribution in [0.5, 0.6) is 0 Å². The third kappa shape index (κ3) is 4.34. The number of carbonyl (C=O) groups is 1. The maximum absolute atomic E-state index is 12.4. The van der Waals surface area contributed by atoms with E-state index in [1.807, 2.05) is 25.1 Å². The highest BCUT2D eigenvalue weighted by Gasteiger charge is 2.19. The van der Waals surface area contributed by atoms with E-state index in [4.69, 9.17) is 10.2 Å². The van der Waals surface area contributed by atoms with Gasteiger partial charge in [-0.05, 0) is 47.2 Å². The van der Waals surface area contributed by atoms with Crippen molar-refractivity contribution < 1.29 is 9.21 Å². The van der Waals surface area contributed by atoms with Gasteiger partial charge in [0.2, 0.25) is 5.89 Å². The van der Waals surface area contributed by atoms with Gasteiger partial charge in [-0.1, -0.05) is 50.6 Å². The molecular formula is C23H26N2O2. The van der Waals surface area contributed by atoms with Gasteiger partial charge >= 0.3 is 0 Å². The zero-order valence-corrected chi connectivity index (χ0v) is 16.1. The number of carbonyl (C=O) groups excluding carboxylic acids is 1. The van der Waals surface area contributed by atoms with E-state index in [0.717, 1.165) is 28.7 Å². The summed E-state index contributed by atoms with van der Waals surface area (Å²) in [4.78, 5) is 16.6. The number of hydrogen-bond donors (Lipinski definition) is 1. The van der Waals surface area contributed by atoms with Crippen LogP contribution in [0.4, 0.5) is 0 Å². The normalized spacial score (nSPS) is 13.3. The standard InChI is InChI=1S/C23H26N2O2/c1-4-15(2)22(24)21(26)13-17-6-9-18(10-7-17)20-14-19(8-5-16(20)3)23-25-11-12-27-23/h5-12,14-15,22H,4,13,24H2,1-3H3. The Hall–Kier alpha value is -2.72. The first-order chi connectivity index (χ1) is 13.0. The van der Waals surface area contributed by atoms with Crippen LogP contribution in [0.2, 0.25) is 0 Å². The van der Waals surface area contributed by atoms with E-state index in [2.05, 4.69) is 43.1 Å². The Morgan fingerprint density at radius 1 is 1.15 bits per heavy atom. The van der Waals surface area contributed by atoms with E-state index >= 15 is 0 Å². The lowest BCUT2D eigenvalue weighted by Gasteiger charge is -2.17. The molecular weight excluding hydrogens is 336 g/mol. The lowest BCUT2D eigenvalue weighted by Crippen LogP contribution is -2.37. The Labute approximate surface area is 160 Å². The van der Waals surface area contributed by atoms with Gasteiger partial charge in [0.05, 0.1) is 12.2 Å². The number of aryl methyl sites for hydroxylation is 1. The second-order valence-electron chi connectivity index (χ2n) is 7.12. The molecule has 2 aromatic carbocycles. The molecule has 0 saturated heterocycles. The summed E-state index contributed by atoms with van der Waals surface area (Å²) in [6.07, 6.45) is 4.50. The number of nitrogens with zero attached hydrogens (tertiary/aromatic N) is 1. The van der Waals surface area contributed by atoms with E-state index in [-0.39, 0.29) is 11.7 Å². The molecule has 1 heterocycles. The molecule has 0 aliphatic rings. The van der Waals surface area contributed by atoms with Crippen LogP contribution in [0.1, 0.15) is 31.4 Å². The average molecular weight is 362 g/mol. The lowest BCUT2D eigenvalue weighted by molar-refractivity contribution is -0.120. The molecule has 0 radical (unpaired) electrons. The molecule has 0 spiro atoms. The van der Waals surface area contributed by atoms with Crippen LogP contribution in [-0.4, -0.2) is 16.8 Å². The Morgan fingerprint density at radius 3 is 2.48 bits per heavy atom. The largest absolute Gasteiger partial charge is 0.445 e. The van der Waals surface area contributed by atoms with Crippen molar-refractivity contribution in [1.29, 1.82) is 0 Å². The number of aromatic nitrogens is 1. The zero-order valence-electron chi connectivity index (χ0n) is 16.1. The molecule has 4 heteroatoms. The van der Waals surface area contributed by atoms with Gasteiger partial charge in [0, 0.05) is 12.0 Å². The monoisotopic (exact) mass is 362 g/mol. The fourth-order valence-electron chi connectivity index (χ4n) is 3.12. The fraction of sp³-hybridized carbons (Fsp3) is 0.304.